The van der Waals surface area contributed by atoms with Crippen LogP contribution in [0.5, 0.6) is 0 Å². The number of nitrogens with one attached hydrogen (secondary N) is 1. The van der Waals surface area contributed by atoms with Crippen molar-refractivity contribution in [2.24, 2.45) is 5.92 Å². The van der Waals surface area contributed by atoms with Crippen LogP contribution >= 0.6 is 11.6 Å². The first-order chi connectivity index (χ1) is 14.5. The normalized spacial score (nSPS) is 28.5. The van der Waals surface area contributed by atoms with Gasteiger partial charge in [-0.05, 0) is 57.3 Å². The van der Waals surface area contributed by atoms with Crippen molar-refractivity contribution in [2.75, 3.05) is 38.2 Å². The van der Waals surface area contributed by atoms with Crippen LogP contribution in [-0.4, -0.2) is 60.6 Å². The van der Waals surface area contributed by atoms with Gasteiger partial charge in [-0.15, -0.1) is 0 Å². The molecule has 1 aromatic heterocycles. The standard InChI is InChI=1S/C20H31ClN4O4S/c21-19-18(22-12-15-4-3-11-29-14-15)13-23-25(20(19)26)16-5-7-17(8-6-16)30(27,28)24-9-1-2-10-24/h13,15-17,22H,1-12,14H2/t15-,16?,17?/m1/s1. The summed E-state index contributed by atoms with van der Waals surface area (Å²) in [5.41, 5.74) is 0.237. The Hall–Kier alpha value is -1.16. The number of ether oxygens (including phenoxy) is 1. The number of sulfonamides is 1. The second kappa shape index (κ2) is 9.54. The molecule has 8 nitrogen and oxygen atoms in total. The van der Waals surface area contributed by atoms with Crippen LogP contribution in [0.25, 0.3) is 0 Å². The highest BCUT2D eigenvalue weighted by molar-refractivity contribution is 7.89. The smallest absolute Gasteiger partial charge is 0.287 e. The van der Waals surface area contributed by atoms with Gasteiger partial charge in [-0.3, -0.25) is 4.79 Å². The van der Waals surface area contributed by atoms with Crippen molar-refractivity contribution < 1.29 is 13.2 Å². The SMILES string of the molecule is O=c1c(Cl)c(NC[C@H]2CCCOC2)cnn1C1CCC(S(=O)(=O)N2CCCC2)CC1. The van der Waals surface area contributed by atoms with Gasteiger partial charge in [0, 0.05) is 26.2 Å². The molecule has 30 heavy (non-hydrogen) atoms. The Morgan fingerprint density at radius 1 is 1.13 bits per heavy atom. The van der Waals surface area contributed by atoms with Gasteiger partial charge in [-0.1, -0.05) is 11.6 Å². The summed E-state index contributed by atoms with van der Waals surface area (Å²) in [7, 11) is -3.23. The molecule has 0 bridgehead atoms. The molecule has 2 saturated heterocycles. The third-order valence-electron chi connectivity index (χ3n) is 6.62. The summed E-state index contributed by atoms with van der Waals surface area (Å²) in [4.78, 5) is 12.8. The number of anilines is 1. The van der Waals surface area contributed by atoms with E-state index in [2.05, 4.69) is 10.4 Å². The summed E-state index contributed by atoms with van der Waals surface area (Å²) in [6, 6.07) is -0.110. The third kappa shape index (κ3) is 4.69. The van der Waals surface area contributed by atoms with E-state index in [0.717, 1.165) is 38.9 Å². The number of aromatic nitrogens is 2. The van der Waals surface area contributed by atoms with E-state index in [4.69, 9.17) is 16.3 Å². The van der Waals surface area contributed by atoms with Gasteiger partial charge in [0.05, 0.1) is 29.8 Å². The summed E-state index contributed by atoms with van der Waals surface area (Å²) in [5.74, 6) is 0.407. The fraction of sp³-hybridized carbons (Fsp3) is 0.800. The number of halogens is 1. The van der Waals surface area contributed by atoms with E-state index >= 15 is 0 Å². The molecule has 3 fully saturated rings. The molecule has 1 aromatic rings. The van der Waals surface area contributed by atoms with Crippen molar-refractivity contribution in [1.82, 2.24) is 14.1 Å². The molecule has 2 aliphatic heterocycles. The molecule has 168 valence electrons. The summed E-state index contributed by atoms with van der Waals surface area (Å²) in [6.07, 6.45) is 7.99. The highest BCUT2D eigenvalue weighted by Gasteiger charge is 2.37. The lowest BCUT2D eigenvalue weighted by molar-refractivity contribution is 0.0595. The molecule has 3 aliphatic rings. The summed E-state index contributed by atoms with van der Waals surface area (Å²) in [6.45, 7) is 3.51. The first-order valence-corrected chi connectivity index (χ1v) is 12.9. The van der Waals surface area contributed by atoms with Gasteiger partial charge < -0.3 is 10.1 Å². The average molecular weight is 459 g/mol. The first kappa shape index (κ1) is 22.0. The lowest BCUT2D eigenvalue weighted by Crippen LogP contribution is -2.40. The lowest BCUT2D eigenvalue weighted by Gasteiger charge is -2.31. The topological polar surface area (TPSA) is 93.5 Å². The van der Waals surface area contributed by atoms with E-state index in [0.29, 0.717) is 56.9 Å². The Morgan fingerprint density at radius 2 is 1.87 bits per heavy atom. The van der Waals surface area contributed by atoms with Crippen LogP contribution in [0, 0.1) is 5.92 Å². The summed E-state index contributed by atoms with van der Waals surface area (Å²) < 4.78 is 34.2. The van der Waals surface area contributed by atoms with E-state index in [1.807, 2.05) is 0 Å². The van der Waals surface area contributed by atoms with Gasteiger partial charge >= 0.3 is 0 Å². The number of nitrogens with zero attached hydrogens (tertiary/aromatic N) is 3. The molecule has 1 atom stereocenters. The molecule has 4 rings (SSSR count). The van der Waals surface area contributed by atoms with Crippen molar-refractivity contribution >= 4 is 27.3 Å². The number of hydrogen-bond acceptors (Lipinski definition) is 6. The Bertz CT molecular complexity index is 887. The van der Waals surface area contributed by atoms with Gasteiger partial charge in [-0.25, -0.2) is 17.4 Å². The van der Waals surface area contributed by atoms with Gasteiger partial charge in [-0.2, -0.15) is 5.10 Å². The van der Waals surface area contributed by atoms with E-state index < -0.39 is 10.0 Å². The van der Waals surface area contributed by atoms with Crippen molar-refractivity contribution in [3.05, 3.63) is 21.6 Å². The quantitative estimate of drug-likeness (QED) is 0.704. The highest BCUT2D eigenvalue weighted by atomic mass is 35.5. The lowest BCUT2D eigenvalue weighted by atomic mass is 9.95. The largest absolute Gasteiger partial charge is 0.382 e. The predicted octanol–water partition coefficient (Wildman–Crippen LogP) is 2.64. The molecule has 0 unspecified atom stereocenters. The van der Waals surface area contributed by atoms with Crippen LogP contribution in [0.3, 0.4) is 0 Å². The van der Waals surface area contributed by atoms with E-state index in [9.17, 15) is 13.2 Å². The van der Waals surface area contributed by atoms with E-state index in [1.165, 1.54) is 4.68 Å². The molecule has 1 N–H and O–H groups in total. The van der Waals surface area contributed by atoms with Crippen LogP contribution in [0.4, 0.5) is 5.69 Å². The molecule has 0 spiro atoms. The molecule has 1 aliphatic carbocycles. The second-order valence-electron chi connectivity index (χ2n) is 8.67. The fourth-order valence-corrected chi connectivity index (χ4v) is 7.05. The van der Waals surface area contributed by atoms with Crippen LogP contribution in [0.2, 0.25) is 5.02 Å². The Labute approximate surface area is 183 Å². The van der Waals surface area contributed by atoms with Crippen molar-refractivity contribution in [3.63, 3.8) is 0 Å². The molecule has 3 heterocycles. The maximum atomic E-state index is 12.8. The minimum Gasteiger partial charge on any atom is -0.382 e. The Balaban J connectivity index is 1.37. The third-order valence-corrected chi connectivity index (χ3v) is 9.38. The fourth-order valence-electron chi connectivity index (χ4n) is 4.79. The van der Waals surface area contributed by atoms with E-state index in [1.54, 1.807) is 10.5 Å². The maximum absolute atomic E-state index is 12.8. The van der Waals surface area contributed by atoms with Crippen LogP contribution < -0.4 is 10.9 Å². The minimum atomic E-state index is -3.23. The number of hydrogen-bond donors (Lipinski definition) is 1. The van der Waals surface area contributed by atoms with Gasteiger partial charge in [0.15, 0.2) is 0 Å². The second-order valence-corrected chi connectivity index (χ2v) is 11.3. The molecule has 10 heteroatoms. The first-order valence-electron chi connectivity index (χ1n) is 11.0. The van der Waals surface area contributed by atoms with Gasteiger partial charge in [0.25, 0.3) is 5.56 Å². The zero-order valence-corrected chi connectivity index (χ0v) is 18.8. The van der Waals surface area contributed by atoms with Crippen molar-refractivity contribution in [3.8, 4) is 0 Å². The van der Waals surface area contributed by atoms with E-state index in [-0.39, 0.29) is 21.9 Å². The maximum Gasteiger partial charge on any atom is 0.287 e. The van der Waals surface area contributed by atoms with Crippen molar-refractivity contribution in [2.45, 2.75) is 62.7 Å². The zero-order valence-electron chi connectivity index (χ0n) is 17.3. The minimum absolute atomic E-state index is 0.110. The molecule has 0 amide bonds. The molecule has 0 aromatic carbocycles. The molecular weight excluding hydrogens is 428 g/mol. The Kier molecular flexibility index (Phi) is 7.01. The van der Waals surface area contributed by atoms with Gasteiger partial charge in [0.2, 0.25) is 10.0 Å². The Morgan fingerprint density at radius 3 is 2.53 bits per heavy atom. The van der Waals surface area contributed by atoms with Crippen LogP contribution in [-0.2, 0) is 14.8 Å². The predicted molar refractivity (Wildman–Crippen MR) is 117 cm³/mol. The summed E-state index contributed by atoms with van der Waals surface area (Å²) in [5, 5.41) is 7.39. The monoisotopic (exact) mass is 458 g/mol. The van der Waals surface area contributed by atoms with Crippen LogP contribution in [0.15, 0.2) is 11.0 Å². The highest BCUT2D eigenvalue weighted by Crippen LogP contribution is 2.33. The van der Waals surface area contributed by atoms with Gasteiger partial charge in [0.1, 0.15) is 5.02 Å². The molecule has 1 saturated carbocycles. The summed E-state index contributed by atoms with van der Waals surface area (Å²) >= 11 is 6.35. The van der Waals surface area contributed by atoms with Crippen molar-refractivity contribution in [1.29, 1.82) is 0 Å². The molecule has 0 radical (unpaired) electrons. The zero-order chi connectivity index (χ0) is 21.1. The number of rotatable bonds is 6. The van der Waals surface area contributed by atoms with Crippen LogP contribution in [0.1, 0.15) is 57.4 Å². The molecular formula is C20H31ClN4O4S. The average Bonchev–Trinajstić information content (AvgIpc) is 3.32.